The lowest BCUT2D eigenvalue weighted by molar-refractivity contribution is 0.0534. The van der Waals surface area contributed by atoms with Crippen molar-refractivity contribution < 1.29 is 9.53 Å². The average Bonchev–Trinajstić information content (AvgIpc) is 2.42. The molecule has 1 aromatic carbocycles. The summed E-state index contributed by atoms with van der Waals surface area (Å²) in [5, 5.41) is 3.31. The molecule has 0 saturated carbocycles. The van der Waals surface area contributed by atoms with E-state index in [2.05, 4.69) is 10.3 Å². The van der Waals surface area contributed by atoms with E-state index in [1.807, 2.05) is 45.1 Å². The van der Waals surface area contributed by atoms with Crippen LogP contribution in [0.3, 0.4) is 0 Å². The number of carbonyl (C=O) groups excluding carboxylic acids is 1. The molecule has 5 nitrogen and oxygen atoms in total. The van der Waals surface area contributed by atoms with Crippen molar-refractivity contribution >= 4 is 23.1 Å². The van der Waals surface area contributed by atoms with Gasteiger partial charge in [0.1, 0.15) is 5.60 Å². The first-order valence-corrected chi connectivity index (χ1v) is 7.10. The van der Waals surface area contributed by atoms with Crippen molar-refractivity contribution in [1.82, 2.24) is 10.3 Å². The molecule has 0 bridgehead atoms. The van der Waals surface area contributed by atoms with Gasteiger partial charge in [-0.3, -0.25) is 4.79 Å². The van der Waals surface area contributed by atoms with E-state index in [0.29, 0.717) is 11.9 Å². The van der Waals surface area contributed by atoms with Crippen LogP contribution in [0.25, 0.3) is 17.0 Å². The Morgan fingerprint density at radius 1 is 1.32 bits per heavy atom. The van der Waals surface area contributed by atoms with Crippen LogP contribution in [-0.4, -0.2) is 23.2 Å². The van der Waals surface area contributed by atoms with Crippen LogP contribution in [0, 0.1) is 0 Å². The molecule has 0 unspecified atom stereocenters. The summed E-state index contributed by atoms with van der Waals surface area (Å²) in [7, 11) is 0. The molecule has 0 aliphatic heterocycles. The molecule has 0 saturated heterocycles. The highest BCUT2D eigenvalue weighted by atomic mass is 16.6. The van der Waals surface area contributed by atoms with Crippen LogP contribution < -0.4 is 10.7 Å². The molecular formula is C17H20N2O3. The molecule has 0 aliphatic carbocycles. The van der Waals surface area contributed by atoms with Gasteiger partial charge in [-0.25, -0.2) is 4.79 Å². The van der Waals surface area contributed by atoms with Crippen molar-refractivity contribution in [1.29, 1.82) is 0 Å². The van der Waals surface area contributed by atoms with Gasteiger partial charge in [-0.05, 0) is 38.5 Å². The zero-order valence-electron chi connectivity index (χ0n) is 13.0. The van der Waals surface area contributed by atoms with Gasteiger partial charge in [0.25, 0.3) is 0 Å². The van der Waals surface area contributed by atoms with Crippen LogP contribution in [0.5, 0.6) is 0 Å². The Hall–Kier alpha value is -2.56. The topological polar surface area (TPSA) is 71.2 Å². The Bertz CT molecular complexity index is 754. The first-order valence-electron chi connectivity index (χ1n) is 7.10. The van der Waals surface area contributed by atoms with Crippen molar-refractivity contribution in [3.8, 4) is 0 Å². The minimum Gasteiger partial charge on any atom is -0.444 e. The van der Waals surface area contributed by atoms with E-state index >= 15 is 0 Å². The van der Waals surface area contributed by atoms with E-state index < -0.39 is 11.7 Å². The third-order valence-corrected chi connectivity index (χ3v) is 2.86. The fourth-order valence-corrected chi connectivity index (χ4v) is 1.95. The predicted molar refractivity (Wildman–Crippen MR) is 87.8 cm³/mol. The maximum Gasteiger partial charge on any atom is 0.407 e. The summed E-state index contributed by atoms with van der Waals surface area (Å²) >= 11 is 0. The molecule has 0 atom stereocenters. The first-order chi connectivity index (χ1) is 10.3. The number of amides is 1. The van der Waals surface area contributed by atoms with Crippen LogP contribution >= 0.6 is 0 Å². The molecule has 5 heteroatoms. The summed E-state index contributed by atoms with van der Waals surface area (Å²) in [5.74, 6) is 0. The van der Waals surface area contributed by atoms with Gasteiger partial charge < -0.3 is 15.0 Å². The third-order valence-electron chi connectivity index (χ3n) is 2.86. The zero-order valence-corrected chi connectivity index (χ0v) is 13.0. The van der Waals surface area contributed by atoms with Gasteiger partial charge in [0, 0.05) is 29.7 Å². The summed E-state index contributed by atoms with van der Waals surface area (Å²) in [6.45, 7) is 5.83. The van der Waals surface area contributed by atoms with E-state index in [4.69, 9.17) is 4.74 Å². The van der Waals surface area contributed by atoms with Crippen molar-refractivity contribution in [3.63, 3.8) is 0 Å². The number of rotatable bonds is 3. The number of benzene rings is 1. The second-order valence-corrected chi connectivity index (χ2v) is 5.93. The molecule has 2 aromatic rings. The number of hydrogen-bond acceptors (Lipinski definition) is 3. The van der Waals surface area contributed by atoms with E-state index in [1.165, 1.54) is 6.07 Å². The minimum atomic E-state index is -0.502. The van der Waals surface area contributed by atoms with Crippen molar-refractivity contribution in [3.05, 3.63) is 52.3 Å². The highest BCUT2D eigenvalue weighted by Gasteiger charge is 2.14. The molecule has 0 fully saturated rings. The van der Waals surface area contributed by atoms with Crippen molar-refractivity contribution in [2.24, 2.45) is 0 Å². The standard InChI is InChI=1S/C17H20N2O3/c1-17(2,3)22-16(21)19-9-4-5-12-6-7-13-14(11-12)18-10-8-15(13)20/h4-8,10-11H,9H2,1-3H3,(H,18,20)(H,19,21). The average molecular weight is 300 g/mol. The van der Waals surface area contributed by atoms with Gasteiger partial charge in [0.15, 0.2) is 5.43 Å². The Kier molecular flexibility index (Phi) is 4.65. The number of fused-ring (bicyclic) bond motifs is 1. The van der Waals surface area contributed by atoms with Gasteiger partial charge in [-0.15, -0.1) is 0 Å². The van der Waals surface area contributed by atoms with Gasteiger partial charge in [-0.2, -0.15) is 0 Å². The van der Waals surface area contributed by atoms with Crippen LogP contribution in [0.15, 0.2) is 41.3 Å². The minimum absolute atomic E-state index is 0.00382. The van der Waals surface area contributed by atoms with E-state index in [1.54, 1.807) is 12.3 Å². The number of aromatic amines is 1. The largest absolute Gasteiger partial charge is 0.444 e. The first kappa shape index (κ1) is 15.8. The molecule has 0 aliphatic rings. The lowest BCUT2D eigenvalue weighted by atomic mass is 10.1. The van der Waals surface area contributed by atoms with Gasteiger partial charge in [0.05, 0.1) is 0 Å². The molecule has 2 rings (SSSR count). The molecule has 22 heavy (non-hydrogen) atoms. The van der Waals surface area contributed by atoms with Gasteiger partial charge in [-0.1, -0.05) is 18.2 Å². The fourth-order valence-electron chi connectivity index (χ4n) is 1.95. The smallest absolute Gasteiger partial charge is 0.407 e. The summed E-state index contributed by atoms with van der Waals surface area (Å²) < 4.78 is 5.14. The van der Waals surface area contributed by atoms with E-state index in [-0.39, 0.29) is 5.43 Å². The van der Waals surface area contributed by atoms with Crippen LogP contribution in [-0.2, 0) is 4.74 Å². The Morgan fingerprint density at radius 3 is 2.82 bits per heavy atom. The Balaban J connectivity index is 1.96. The second-order valence-electron chi connectivity index (χ2n) is 5.93. The Labute approximate surface area is 129 Å². The lowest BCUT2D eigenvalue weighted by Crippen LogP contribution is -2.32. The third kappa shape index (κ3) is 4.48. The molecule has 1 heterocycles. The summed E-state index contributed by atoms with van der Waals surface area (Å²) in [4.78, 5) is 26.2. The summed E-state index contributed by atoms with van der Waals surface area (Å²) in [5.41, 5.74) is 1.23. The number of nitrogens with one attached hydrogen (secondary N) is 2. The van der Waals surface area contributed by atoms with Crippen molar-refractivity contribution in [2.75, 3.05) is 6.54 Å². The highest BCUT2D eigenvalue weighted by Crippen LogP contribution is 2.11. The molecule has 1 aromatic heterocycles. The SMILES string of the molecule is CC(C)(C)OC(=O)NCC=Cc1ccc2c(=O)cc[nH]c2c1. The van der Waals surface area contributed by atoms with E-state index in [9.17, 15) is 9.59 Å². The number of ether oxygens (including phenoxy) is 1. The maximum absolute atomic E-state index is 11.6. The van der Waals surface area contributed by atoms with Crippen LogP contribution in [0.2, 0.25) is 0 Å². The zero-order chi connectivity index (χ0) is 16.2. The molecular weight excluding hydrogens is 280 g/mol. The number of alkyl carbamates (subject to hydrolysis) is 1. The number of aromatic nitrogens is 1. The predicted octanol–water partition coefficient (Wildman–Crippen LogP) is 3.07. The summed E-state index contributed by atoms with van der Waals surface area (Å²) in [6, 6.07) is 7.04. The van der Waals surface area contributed by atoms with Crippen LogP contribution in [0.4, 0.5) is 4.79 Å². The quantitative estimate of drug-likeness (QED) is 0.915. The molecule has 116 valence electrons. The van der Waals surface area contributed by atoms with Gasteiger partial charge in [0.2, 0.25) is 0 Å². The number of H-pyrrole nitrogens is 1. The van der Waals surface area contributed by atoms with Gasteiger partial charge >= 0.3 is 6.09 Å². The van der Waals surface area contributed by atoms with Crippen molar-refractivity contribution in [2.45, 2.75) is 26.4 Å². The molecule has 0 radical (unpaired) electrons. The second kappa shape index (κ2) is 6.47. The van der Waals surface area contributed by atoms with Crippen LogP contribution in [0.1, 0.15) is 26.3 Å². The monoisotopic (exact) mass is 300 g/mol. The number of pyridine rings is 1. The molecule has 2 N–H and O–H groups in total. The lowest BCUT2D eigenvalue weighted by Gasteiger charge is -2.19. The molecule has 0 spiro atoms. The number of hydrogen-bond donors (Lipinski definition) is 2. The number of carbonyl (C=O) groups is 1. The summed E-state index contributed by atoms with van der Waals surface area (Å²) in [6.07, 6.45) is 4.89. The Morgan fingerprint density at radius 2 is 2.09 bits per heavy atom. The fraction of sp³-hybridized carbons (Fsp3) is 0.294. The maximum atomic E-state index is 11.6. The van der Waals surface area contributed by atoms with E-state index in [0.717, 1.165) is 11.1 Å². The highest BCUT2D eigenvalue weighted by molar-refractivity contribution is 5.80. The normalized spacial score (nSPS) is 11.8. The molecule has 1 amide bonds.